The molecule has 0 amide bonds. The second-order valence-corrected chi connectivity index (χ2v) is 5.10. The summed E-state index contributed by atoms with van der Waals surface area (Å²) < 4.78 is 2.23. The quantitative estimate of drug-likeness (QED) is 0.662. The number of aromatic nitrogens is 2. The fourth-order valence-corrected chi connectivity index (χ4v) is 2.31. The second kappa shape index (κ2) is 7.54. The molecule has 1 unspecified atom stereocenters. The fourth-order valence-electron chi connectivity index (χ4n) is 2.31. The molecule has 0 spiro atoms. The summed E-state index contributed by atoms with van der Waals surface area (Å²) in [6.07, 6.45) is 8.16. The normalized spacial score (nSPS) is 14.7. The Bertz CT molecular complexity index is 338. The van der Waals surface area contributed by atoms with Gasteiger partial charge in [0.15, 0.2) is 0 Å². The number of hydrogen-bond acceptors (Lipinski definition) is 3. The molecule has 4 heteroatoms. The summed E-state index contributed by atoms with van der Waals surface area (Å²) in [5.74, 6) is 1.16. The minimum atomic E-state index is -0.128. The first-order chi connectivity index (χ1) is 8.65. The number of rotatable bonds is 9. The van der Waals surface area contributed by atoms with Crippen LogP contribution in [0.2, 0.25) is 0 Å². The van der Waals surface area contributed by atoms with E-state index in [2.05, 4.69) is 35.6 Å². The van der Waals surface area contributed by atoms with Crippen LogP contribution in [0.25, 0.3) is 0 Å². The Balaban J connectivity index is 2.30. The number of nitrogens with zero attached hydrogens (tertiary/aromatic N) is 2. The highest BCUT2D eigenvalue weighted by molar-refractivity contribution is 4.91. The monoisotopic (exact) mass is 253 g/mol. The highest BCUT2D eigenvalue weighted by Gasteiger charge is 2.20. The number of aryl methyl sites for hydroxylation is 2. The molecule has 1 aromatic rings. The van der Waals surface area contributed by atoms with Crippen molar-refractivity contribution in [2.75, 3.05) is 13.2 Å². The van der Waals surface area contributed by atoms with Gasteiger partial charge in [-0.25, -0.2) is 4.98 Å². The van der Waals surface area contributed by atoms with Gasteiger partial charge in [0.05, 0.1) is 6.61 Å². The van der Waals surface area contributed by atoms with E-state index in [9.17, 15) is 5.11 Å². The number of aliphatic hydroxyl groups is 1. The van der Waals surface area contributed by atoms with Crippen LogP contribution in [0.5, 0.6) is 0 Å². The maximum Gasteiger partial charge on any atom is 0.108 e. The summed E-state index contributed by atoms with van der Waals surface area (Å²) in [7, 11) is 0. The summed E-state index contributed by atoms with van der Waals surface area (Å²) in [4.78, 5) is 4.32. The van der Waals surface area contributed by atoms with E-state index < -0.39 is 0 Å². The van der Waals surface area contributed by atoms with Gasteiger partial charge in [0.1, 0.15) is 5.82 Å². The Labute approximate surface area is 110 Å². The molecule has 2 N–H and O–H groups in total. The molecule has 4 nitrogen and oxygen atoms in total. The number of hydrogen-bond donors (Lipinski definition) is 2. The summed E-state index contributed by atoms with van der Waals surface area (Å²) >= 11 is 0. The third-order valence-electron chi connectivity index (χ3n) is 3.45. The van der Waals surface area contributed by atoms with Crippen LogP contribution in [0.4, 0.5) is 0 Å². The van der Waals surface area contributed by atoms with E-state index in [4.69, 9.17) is 0 Å². The van der Waals surface area contributed by atoms with Crippen molar-refractivity contribution in [3.8, 4) is 0 Å². The summed E-state index contributed by atoms with van der Waals surface area (Å²) in [5.41, 5.74) is -0.128. The molecule has 0 aliphatic rings. The van der Waals surface area contributed by atoms with Gasteiger partial charge >= 0.3 is 0 Å². The average Bonchev–Trinajstić information content (AvgIpc) is 2.82. The van der Waals surface area contributed by atoms with Crippen molar-refractivity contribution in [3.63, 3.8) is 0 Å². The molecule has 1 atom stereocenters. The molecule has 1 rings (SSSR count). The molecule has 104 valence electrons. The highest BCUT2D eigenvalue weighted by Crippen LogP contribution is 2.14. The number of unbranched alkanes of at least 4 members (excludes halogenated alkanes) is 1. The first kappa shape index (κ1) is 15.2. The summed E-state index contributed by atoms with van der Waals surface area (Å²) in [5, 5.41) is 12.8. The van der Waals surface area contributed by atoms with Crippen molar-refractivity contribution in [1.29, 1.82) is 0 Å². The van der Waals surface area contributed by atoms with E-state index in [0.29, 0.717) is 0 Å². The van der Waals surface area contributed by atoms with Crippen LogP contribution < -0.4 is 5.32 Å². The van der Waals surface area contributed by atoms with Crippen LogP contribution in [0.15, 0.2) is 12.4 Å². The second-order valence-electron chi connectivity index (χ2n) is 5.10. The molecule has 0 saturated carbocycles. The number of aliphatic hydroxyl groups excluding tert-OH is 1. The maximum absolute atomic E-state index is 9.40. The Hall–Kier alpha value is -0.870. The maximum atomic E-state index is 9.40. The number of likely N-dealkylation sites (N-methyl/N-ethyl adjacent to an activating group) is 1. The molecule has 0 saturated heterocycles. The third-order valence-corrected chi connectivity index (χ3v) is 3.45. The Morgan fingerprint density at radius 3 is 2.78 bits per heavy atom. The molecule has 1 aromatic heterocycles. The van der Waals surface area contributed by atoms with Gasteiger partial charge in [-0.3, -0.25) is 0 Å². The van der Waals surface area contributed by atoms with Gasteiger partial charge in [0, 0.05) is 30.9 Å². The summed E-state index contributed by atoms with van der Waals surface area (Å²) in [6.45, 7) is 8.42. The van der Waals surface area contributed by atoms with Crippen LogP contribution in [0, 0.1) is 0 Å². The predicted molar refractivity (Wildman–Crippen MR) is 74.6 cm³/mol. The lowest BCUT2D eigenvalue weighted by atomic mass is 9.96. The van der Waals surface area contributed by atoms with E-state index in [1.165, 1.54) is 0 Å². The van der Waals surface area contributed by atoms with Crippen LogP contribution in [-0.4, -0.2) is 33.3 Å². The van der Waals surface area contributed by atoms with Crippen molar-refractivity contribution >= 4 is 0 Å². The topological polar surface area (TPSA) is 50.1 Å². The molecule has 0 fully saturated rings. The van der Waals surface area contributed by atoms with Crippen LogP contribution >= 0.6 is 0 Å². The Morgan fingerprint density at radius 2 is 2.17 bits per heavy atom. The molecular formula is C14H27N3O. The van der Waals surface area contributed by atoms with Gasteiger partial charge in [-0.15, -0.1) is 0 Å². The zero-order valence-electron chi connectivity index (χ0n) is 11.9. The molecule has 0 aromatic carbocycles. The van der Waals surface area contributed by atoms with Gasteiger partial charge in [0.2, 0.25) is 0 Å². The van der Waals surface area contributed by atoms with Gasteiger partial charge in [-0.1, -0.05) is 13.8 Å². The van der Waals surface area contributed by atoms with Gasteiger partial charge in [-0.2, -0.15) is 0 Å². The van der Waals surface area contributed by atoms with Gasteiger partial charge in [-0.05, 0) is 32.7 Å². The molecular weight excluding hydrogens is 226 g/mol. The fraction of sp³-hybridized carbons (Fsp3) is 0.786. The molecule has 0 bridgehead atoms. The van der Waals surface area contributed by atoms with Crippen LogP contribution in [0.3, 0.4) is 0 Å². The first-order valence-corrected chi connectivity index (χ1v) is 7.01. The van der Waals surface area contributed by atoms with Gasteiger partial charge < -0.3 is 15.0 Å². The number of imidazole rings is 1. The largest absolute Gasteiger partial charge is 0.394 e. The predicted octanol–water partition coefficient (Wildman–Crippen LogP) is 1.98. The molecule has 0 aliphatic carbocycles. The molecule has 1 heterocycles. The lowest BCUT2D eigenvalue weighted by Gasteiger charge is -2.28. The van der Waals surface area contributed by atoms with Crippen molar-refractivity contribution in [2.45, 2.75) is 58.5 Å². The van der Waals surface area contributed by atoms with E-state index >= 15 is 0 Å². The highest BCUT2D eigenvalue weighted by atomic mass is 16.3. The first-order valence-electron chi connectivity index (χ1n) is 7.01. The van der Waals surface area contributed by atoms with E-state index in [-0.39, 0.29) is 12.1 Å². The standard InChI is InChI=1S/C14H27N3O/c1-4-13-15-9-11-17(13)10-7-6-8-14(3,12-18)16-5-2/h9,11,16,18H,4-8,10,12H2,1-3H3. The lowest BCUT2D eigenvalue weighted by Crippen LogP contribution is -2.45. The third kappa shape index (κ3) is 4.42. The van der Waals surface area contributed by atoms with E-state index in [1.54, 1.807) is 0 Å². The van der Waals surface area contributed by atoms with E-state index in [0.717, 1.165) is 44.6 Å². The van der Waals surface area contributed by atoms with Gasteiger partial charge in [0.25, 0.3) is 0 Å². The summed E-state index contributed by atoms with van der Waals surface area (Å²) in [6, 6.07) is 0. The molecule has 0 radical (unpaired) electrons. The molecule has 0 aliphatic heterocycles. The molecule has 18 heavy (non-hydrogen) atoms. The van der Waals surface area contributed by atoms with Crippen LogP contribution in [-0.2, 0) is 13.0 Å². The van der Waals surface area contributed by atoms with Crippen molar-refractivity contribution in [2.24, 2.45) is 0 Å². The van der Waals surface area contributed by atoms with E-state index in [1.807, 2.05) is 12.4 Å². The van der Waals surface area contributed by atoms with Crippen molar-refractivity contribution in [3.05, 3.63) is 18.2 Å². The zero-order valence-corrected chi connectivity index (χ0v) is 11.9. The SMILES string of the molecule is CCNC(C)(CO)CCCCn1ccnc1CC. The van der Waals surface area contributed by atoms with Crippen LogP contribution in [0.1, 0.15) is 45.9 Å². The smallest absolute Gasteiger partial charge is 0.108 e. The number of nitrogens with one attached hydrogen (secondary N) is 1. The minimum Gasteiger partial charge on any atom is -0.394 e. The zero-order chi connectivity index (χ0) is 13.4. The minimum absolute atomic E-state index is 0.128. The van der Waals surface area contributed by atoms with Crippen molar-refractivity contribution < 1.29 is 5.11 Å². The lowest BCUT2D eigenvalue weighted by molar-refractivity contribution is 0.164. The Kier molecular flexibility index (Phi) is 6.36. The van der Waals surface area contributed by atoms with Crippen molar-refractivity contribution in [1.82, 2.24) is 14.9 Å². The average molecular weight is 253 g/mol. The Morgan fingerprint density at radius 1 is 1.39 bits per heavy atom.